The second-order valence-corrected chi connectivity index (χ2v) is 8.91. The highest BCUT2D eigenvalue weighted by atomic mass is 16.4. The molecule has 0 aliphatic heterocycles. The molecule has 0 aliphatic rings. The molecular formula is C24H35N5O9. The van der Waals surface area contributed by atoms with Gasteiger partial charge in [-0.25, -0.2) is 4.79 Å². The molecule has 0 aliphatic carbocycles. The summed E-state index contributed by atoms with van der Waals surface area (Å²) < 4.78 is 0. The number of amides is 4. The Bertz CT molecular complexity index is 1020. The zero-order valence-electron chi connectivity index (χ0n) is 21.2. The first-order valence-corrected chi connectivity index (χ1v) is 11.9. The average molecular weight is 538 g/mol. The number of benzene rings is 1. The van der Waals surface area contributed by atoms with Gasteiger partial charge in [-0.15, -0.1) is 0 Å². The number of phenols is 1. The fourth-order valence-corrected chi connectivity index (χ4v) is 3.40. The van der Waals surface area contributed by atoms with Crippen molar-refractivity contribution in [2.24, 2.45) is 17.4 Å². The lowest BCUT2D eigenvalue weighted by molar-refractivity contribution is -0.147. The minimum absolute atomic E-state index is 0.0347. The number of carboxylic acids is 2. The van der Waals surface area contributed by atoms with Crippen molar-refractivity contribution in [1.29, 1.82) is 0 Å². The fourth-order valence-electron chi connectivity index (χ4n) is 3.40. The van der Waals surface area contributed by atoms with Crippen LogP contribution in [0.25, 0.3) is 0 Å². The van der Waals surface area contributed by atoms with Crippen LogP contribution in [0.5, 0.6) is 5.75 Å². The van der Waals surface area contributed by atoms with Crippen LogP contribution in [0.4, 0.5) is 0 Å². The third-order valence-electron chi connectivity index (χ3n) is 5.83. The highest BCUT2D eigenvalue weighted by molar-refractivity contribution is 5.95. The SMILES string of the molecule is CCC(C)C(NC(=O)C(CCC(N)=O)NC(=O)C(N)Cc1ccc(O)cc1)C(=O)NC(CC(=O)O)C(=O)O. The molecule has 0 fully saturated rings. The fraction of sp³-hybridized carbons (Fsp3) is 0.500. The van der Waals surface area contributed by atoms with Crippen LogP contribution >= 0.6 is 0 Å². The monoisotopic (exact) mass is 537 g/mol. The van der Waals surface area contributed by atoms with Gasteiger partial charge in [0.05, 0.1) is 12.5 Å². The molecule has 38 heavy (non-hydrogen) atoms. The number of primary amides is 1. The Balaban J connectivity index is 3.03. The molecule has 0 spiro atoms. The van der Waals surface area contributed by atoms with E-state index < -0.39 is 72.1 Å². The number of carbonyl (C=O) groups is 6. The molecule has 0 bridgehead atoms. The molecule has 14 heteroatoms. The van der Waals surface area contributed by atoms with Gasteiger partial charge in [0, 0.05) is 6.42 Å². The van der Waals surface area contributed by atoms with Gasteiger partial charge in [-0.2, -0.15) is 0 Å². The van der Waals surface area contributed by atoms with Crippen molar-refractivity contribution >= 4 is 35.6 Å². The first-order valence-electron chi connectivity index (χ1n) is 11.9. The quantitative estimate of drug-likeness (QED) is 0.122. The lowest BCUT2D eigenvalue weighted by Gasteiger charge is -2.28. The van der Waals surface area contributed by atoms with Gasteiger partial charge in [0.2, 0.25) is 23.6 Å². The van der Waals surface area contributed by atoms with Crippen LogP contribution in [-0.2, 0) is 35.2 Å². The topological polar surface area (TPSA) is 251 Å². The summed E-state index contributed by atoms with van der Waals surface area (Å²) in [5.41, 5.74) is 11.8. The van der Waals surface area contributed by atoms with Crippen LogP contribution in [0.2, 0.25) is 0 Å². The molecule has 0 aromatic heterocycles. The normalized spacial score (nSPS) is 14.7. The maximum absolute atomic E-state index is 13.1. The minimum atomic E-state index is -1.73. The van der Waals surface area contributed by atoms with Crippen LogP contribution in [0, 0.1) is 5.92 Å². The second kappa shape index (κ2) is 15.1. The molecule has 5 unspecified atom stereocenters. The van der Waals surface area contributed by atoms with E-state index in [-0.39, 0.29) is 25.0 Å². The van der Waals surface area contributed by atoms with Crippen LogP contribution in [-0.4, -0.2) is 75.1 Å². The molecule has 0 saturated heterocycles. The van der Waals surface area contributed by atoms with Crippen molar-refractivity contribution < 1.29 is 44.1 Å². The number of rotatable bonds is 16. The van der Waals surface area contributed by atoms with E-state index in [0.717, 1.165) is 0 Å². The largest absolute Gasteiger partial charge is 0.508 e. The summed E-state index contributed by atoms with van der Waals surface area (Å²) in [4.78, 5) is 72.3. The van der Waals surface area contributed by atoms with E-state index in [0.29, 0.717) is 12.0 Å². The number of nitrogens with two attached hydrogens (primary N) is 2. The van der Waals surface area contributed by atoms with Crippen molar-refractivity contribution in [1.82, 2.24) is 16.0 Å². The summed E-state index contributed by atoms with van der Waals surface area (Å²) in [7, 11) is 0. The van der Waals surface area contributed by atoms with Gasteiger partial charge >= 0.3 is 11.9 Å². The molecule has 210 valence electrons. The summed E-state index contributed by atoms with van der Waals surface area (Å²) in [6.07, 6.45) is -0.895. The first-order chi connectivity index (χ1) is 17.7. The van der Waals surface area contributed by atoms with Gasteiger partial charge in [0.25, 0.3) is 0 Å². The molecule has 1 aromatic carbocycles. The van der Waals surface area contributed by atoms with Crippen LogP contribution < -0.4 is 27.4 Å². The van der Waals surface area contributed by atoms with E-state index in [1.54, 1.807) is 26.0 Å². The Morgan fingerprint density at radius 1 is 0.895 bits per heavy atom. The number of hydrogen-bond acceptors (Lipinski definition) is 8. The van der Waals surface area contributed by atoms with E-state index in [1.165, 1.54) is 12.1 Å². The maximum atomic E-state index is 13.1. The number of nitrogens with one attached hydrogen (secondary N) is 3. The number of aromatic hydroxyl groups is 1. The van der Waals surface area contributed by atoms with Gasteiger partial charge in [-0.1, -0.05) is 32.4 Å². The molecular weight excluding hydrogens is 502 g/mol. The maximum Gasteiger partial charge on any atom is 0.326 e. The lowest BCUT2D eigenvalue weighted by Crippen LogP contribution is -2.59. The highest BCUT2D eigenvalue weighted by Crippen LogP contribution is 2.12. The molecule has 1 rings (SSSR count). The van der Waals surface area contributed by atoms with Crippen LogP contribution in [0.1, 0.15) is 45.1 Å². The highest BCUT2D eigenvalue weighted by Gasteiger charge is 2.33. The molecule has 0 heterocycles. The molecule has 5 atom stereocenters. The summed E-state index contributed by atoms with van der Waals surface area (Å²) in [6, 6.07) is 0.587. The average Bonchev–Trinajstić information content (AvgIpc) is 2.84. The van der Waals surface area contributed by atoms with E-state index in [2.05, 4.69) is 16.0 Å². The van der Waals surface area contributed by atoms with Crippen molar-refractivity contribution in [3.8, 4) is 5.75 Å². The van der Waals surface area contributed by atoms with Crippen LogP contribution in [0.3, 0.4) is 0 Å². The van der Waals surface area contributed by atoms with Gasteiger partial charge in [0.15, 0.2) is 0 Å². The van der Waals surface area contributed by atoms with Gasteiger partial charge in [-0.05, 0) is 36.5 Å². The predicted octanol–water partition coefficient (Wildman–Crippen LogP) is -1.41. The molecule has 1 aromatic rings. The van der Waals surface area contributed by atoms with Crippen molar-refractivity contribution in [2.75, 3.05) is 0 Å². The molecule has 10 N–H and O–H groups in total. The van der Waals surface area contributed by atoms with Crippen molar-refractivity contribution in [3.63, 3.8) is 0 Å². The minimum Gasteiger partial charge on any atom is -0.508 e. The third-order valence-corrected chi connectivity index (χ3v) is 5.83. The van der Waals surface area contributed by atoms with E-state index in [1.807, 2.05) is 0 Å². The molecule has 14 nitrogen and oxygen atoms in total. The Morgan fingerprint density at radius 3 is 1.97 bits per heavy atom. The number of aliphatic carboxylic acids is 2. The number of hydrogen-bond donors (Lipinski definition) is 8. The van der Waals surface area contributed by atoms with Gasteiger partial charge in [-0.3, -0.25) is 24.0 Å². The Labute approximate surface area is 219 Å². The predicted molar refractivity (Wildman–Crippen MR) is 133 cm³/mol. The Kier molecular flexibility index (Phi) is 12.7. The summed E-state index contributed by atoms with van der Waals surface area (Å²) in [5.74, 6) is -6.72. The Hall–Kier alpha value is -4.20. The lowest BCUT2D eigenvalue weighted by atomic mass is 9.97. The van der Waals surface area contributed by atoms with Gasteiger partial charge < -0.3 is 42.7 Å². The standard InChI is InChI=1S/C24H35N5O9/c1-3-12(2)20(23(36)28-17(24(37)38)11-19(32)33)29-22(35)16(8-9-18(26)31)27-21(34)15(25)10-13-4-6-14(30)7-5-13/h4-7,12,15-17,20,30H,3,8-11,25H2,1-2H3,(H2,26,31)(H,27,34)(H,28,36)(H,29,35)(H,32,33)(H,37,38). The number of carbonyl (C=O) groups excluding carboxylic acids is 4. The third kappa shape index (κ3) is 10.8. The summed E-state index contributed by atoms with van der Waals surface area (Å²) >= 11 is 0. The number of phenolic OH excluding ortho intramolecular Hbond substituents is 1. The van der Waals surface area contributed by atoms with Gasteiger partial charge in [0.1, 0.15) is 23.9 Å². The summed E-state index contributed by atoms with van der Waals surface area (Å²) in [6.45, 7) is 3.33. The van der Waals surface area contributed by atoms with Crippen LogP contribution in [0.15, 0.2) is 24.3 Å². The molecule has 0 radical (unpaired) electrons. The number of carboxylic acid groups (broad SMARTS) is 2. The first kappa shape index (κ1) is 31.8. The second-order valence-electron chi connectivity index (χ2n) is 8.91. The molecule has 4 amide bonds. The smallest absolute Gasteiger partial charge is 0.326 e. The van der Waals surface area contributed by atoms with E-state index in [9.17, 15) is 39.0 Å². The van der Waals surface area contributed by atoms with E-state index >= 15 is 0 Å². The zero-order valence-corrected chi connectivity index (χ0v) is 21.2. The summed E-state index contributed by atoms with van der Waals surface area (Å²) in [5, 5.41) is 34.6. The molecule has 0 saturated carbocycles. The van der Waals surface area contributed by atoms with Crippen molar-refractivity contribution in [3.05, 3.63) is 29.8 Å². The van der Waals surface area contributed by atoms with Crippen molar-refractivity contribution in [2.45, 2.75) is 70.1 Å². The van der Waals surface area contributed by atoms with E-state index in [4.69, 9.17) is 16.6 Å². The zero-order chi connectivity index (χ0) is 29.0. The Morgan fingerprint density at radius 2 is 1.47 bits per heavy atom.